The Morgan fingerprint density at radius 3 is 1.45 bits per heavy atom. The molecule has 12 rings (SSSR count). The molecule has 0 saturated carbocycles. The standard InChI is InChI=1S/C53H33N5/c1-3-15-34(16-4-1)36-19-13-21-38(31-36)45-33-46(39-22-14-20-37(32-39)35-17-5-2-6-18-35)55-53(54-45)58-48-28-12-10-25-42(48)43-29-30-49-50(51(43)58)56-52-44-26-8-7-23-40(44)41-24-9-11-27-47(41)57(49)52/h1-33H. The summed E-state index contributed by atoms with van der Waals surface area (Å²) in [4.78, 5) is 16.5. The Kier molecular flexibility index (Phi) is 7.16. The molecule has 58 heavy (non-hydrogen) atoms. The van der Waals surface area contributed by atoms with Crippen LogP contribution in [0.1, 0.15) is 0 Å². The summed E-state index contributed by atoms with van der Waals surface area (Å²) in [5.41, 5.74) is 14.3. The SMILES string of the molecule is c1ccc(-c2cccc(-c3cc(-c4cccc(-c5ccccc5)c4)nc(-n4c5ccccc5c5ccc6c(nc7c8ccccc8c8ccccc8n67)c54)n3)c2)cc1. The maximum absolute atomic E-state index is 5.54. The second kappa shape index (κ2) is 12.8. The predicted octanol–water partition coefficient (Wildman–Crippen LogP) is 13.3. The minimum Gasteiger partial charge on any atom is -0.292 e. The largest absolute Gasteiger partial charge is 0.292 e. The average molecular weight is 740 g/mol. The van der Waals surface area contributed by atoms with E-state index in [2.05, 4.69) is 209 Å². The van der Waals surface area contributed by atoms with Crippen molar-refractivity contribution in [2.24, 2.45) is 0 Å². The molecule has 0 aliphatic rings. The Balaban J connectivity index is 1.18. The van der Waals surface area contributed by atoms with Gasteiger partial charge in [-0.2, -0.15) is 0 Å². The molecular weight excluding hydrogens is 707 g/mol. The van der Waals surface area contributed by atoms with Gasteiger partial charge in [-0.25, -0.2) is 15.0 Å². The molecule has 5 nitrogen and oxygen atoms in total. The fraction of sp³-hybridized carbons (Fsp3) is 0. The van der Waals surface area contributed by atoms with Crippen LogP contribution in [-0.4, -0.2) is 23.9 Å². The van der Waals surface area contributed by atoms with E-state index >= 15 is 0 Å². The number of fused-ring (bicyclic) bond motifs is 12. The Morgan fingerprint density at radius 1 is 0.310 bits per heavy atom. The predicted molar refractivity (Wildman–Crippen MR) is 239 cm³/mol. The fourth-order valence-corrected chi connectivity index (χ4v) is 8.84. The van der Waals surface area contributed by atoms with Crippen molar-refractivity contribution < 1.29 is 0 Å². The van der Waals surface area contributed by atoms with E-state index in [4.69, 9.17) is 15.0 Å². The molecular formula is C53H33N5. The van der Waals surface area contributed by atoms with Gasteiger partial charge in [-0.05, 0) is 70.1 Å². The highest BCUT2D eigenvalue weighted by Crippen LogP contribution is 2.40. The van der Waals surface area contributed by atoms with Crippen molar-refractivity contribution in [3.05, 3.63) is 200 Å². The van der Waals surface area contributed by atoms with E-state index in [1.54, 1.807) is 0 Å². The Bertz CT molecular complexity index is 3460. The van der Waals surface area contributed by atoms with Crippen LogP contribution in [0, 0.1) is 0 Å². The molecule has 0 spiro atoms. The van der Waals surface area contributed by atoms with E-state index in [9.17, 15) is 0 Å². The van der Waals surface area contributed by atoms with Crippen LogP contribution in [0.25, 0.3) is 111 Å². The van der Waals surface area contributed by atoms with Gasteiger partial charge in [-0.15, -0.1) is 0 Å². The van der Waals surface area contributed by atoms with Gasteiger partial charge in [0.1, 0.15) is 11.2 Å². The third kappa shape index (κ3) is 5.00. The Hall–Kier alpha value is -7.89. The lowest BCUT2D eigenvalue weighted by Gasteiger charge is -2.13. The molecule has 0 N–H and O–H groups in total. The maximum Gasteiger partial charge on any atom is 0.235 e. The quantitative estimate of drug-likeness (QED) is 0.165. The highest BCUT2D eigenvalue weighted by Gasteiger charge is 2.22. The Morgan fingerprint density at radius 2 is 0.810 bits per heavy atom. The summed E-state index contributed by atoms with van der Waals surface area (Å²) in [7, 11) is 0. The van der Waals surface area contributed by atoms with Crippen LogP contribution >= 0.6 is 0 Å². The van der Waals surface area contributed by atoms with E-state index in [0.717, 1.165) is 94.2 Å². The highest BCUT2D eigenvalue weighted by atomic mass is 15.2. The van der Waals surface area contributed by atoms with Gasteiger partial charge in [-0.3, -0.25) is 8.97 Å². The second-order valence-corrected chi connectivity index (χ2v) is 14.8. The first-order valence-corrected chi connectivity index (χ1v) is 19.6. The molecule has 8 aromatic carbocycles. The number of para-hydroxylation sites is 2. The van der Waals surface area contributed by atoms with Gasteiger partial charge >= 0.3 is 0 Å². The van der Waals surface area contributed by atoms with Crippen LogP contribution in [0.4, 0.5) is 0 Å². The lowest BCUT2D eigenvalue weighted by atomic mass is 9.99. The molecule has 12 aromatic rings. The molecule has 0 radical (unpaired) electrons. The van der Waals surface area contributed by atoms with Crippen molar-refractivity contribution in [2.75, 3.05) is 0 Å². The molecule has 0 unspecified atom stereocenters. The van der Waals surface area contributed by atoms with E-state index in [1.165, 1.54) is 10.8 Å². The first-order valence-electron chi connectivity index (χ1n) is 19.6. The highest BCUT2D eigenvalue weighted by molar-refractivity contribution is 6.20. The number of benzene rings is 8. The summed E-state index contributed by atoms with van der Waals surface area (Å²) in [5, 5.41) is 5.73. The van der Waals surface area contributed by atoms with Gasteiger partial charge in [0, 0.05) is 32.7 Å². The Labute approximate surface area is 333 Å². The zero-order valence-electron chi connectivity index (χ0n) is 31.3. The van der Waals surface area contributed by atoms with Gasteiger partial charge in [-0.1, -0.05) is 158 Å². The molecule has 5 heteroatoms. The smallest absolute Gasteiger partial charge is 0.235 e. The van der Waals surface area contributed by atoms with Crippen LogP contribution in [0.15, 0.2) is 200 Å². The zero-order valence-corrected chi connectivity index (χ0v) is 31.3. The molecule has 270 valence electrons. The van der Waals surface area contributed by atoms with E-state index in [0.29, 0.717) is 5.95 Å². The van der Waals surface area contributed by atoms with Crippen molar-refractivity contribution in [2.45, 2.75) is 0 Å². The molecule has 0 saturated heterocycles. The van der Waals surface area contributed by atoms with Gasteiger partial charge in [0.2, 0.25) is 5.95 Å². The third-order valence-corrected chi connectivity index (χ3v) is 11.5. The molecule has 0 fully saturated rings. The molecule has 4 heterocycles. The molecule has 0 bridgehead atoms. The van der Waals surface area contributed by atoms with Gasteiger partial charge in [0.15, 0.2) is 0 Å². The lowest BCUT2D eigenvalue weighted by molar-refractivity contribution is 0.997. The fourth-order valence-electron chi connectivity index (χ4n) is 8.84. The molecule has 0 aliphatic heterocycles. The topological polar surface area (TPSA) is 48.0 Å². The van der Waals surface area contributed by atoms with Crippen molar-refractivity contribution in [3.8, 4) is 50.7 Å². The number of hydrogen-bond acceptors (Lipinski definition) is 3. The number of nitrogens with zero attached hydrogens (tertiary/aromatic N) is 5. The van der Waals surface area contributed by atoms with Crippen molar-refractivity contribution in [1.82, 2.24) is 23.9 Å². The van der Waals surface area contributed by atoms with Crippen LogP contribution in [0.5, 0.6) is 0 Å². The van der Waals surface area contributed by atoms with Crippen LogP contribution in [0.3, 0.4) is 0 Å². The van der Waals surface area contributed by atoms with E-state index < -0.39 is 0 Å². The molecule has 4 aromatic heterocycles. The van der Waals surface area contributed by atoms with E-state index in [1.807, 2.05) is 0 Å². The summed E-state index contributed by atoms with van der Waals surface area (Å²) in [6, 6.07) is 70.7. The van der Waals surface area contributed by atoms with Gasteiger partial charge < -0.3 is 0 Å². The lowest BCUT2D eigenvalue weighted by Crippen LogP contribution is -2.04. The van der Waals surface area contributed by atoms with Crippen LogP contribution in [0.2, 0.25) is 0 Å². The number of rotatable bonds is 5. The number of imidazole rings is 1. The summed E-state index contributed by atoms with van der Waals surface area (Å²) in [5.74, 6) is 0.591. The minimum absolute atomic E-state index is 0.591. The van der Waals surface area contributed by atoms with Gasteiger partial charge in [0.05, 0.1) is 33.5 Å². The number of hydrogen-bond donors (Lipinski definition) is 0. The first kappa shape index (κ1) is 32.4. The minimum atomic E-state index is 0.591. The summed E-state index contributed by atoms with van der Waals surface area (Å²) < 4.78 is 4.56. The van der Waals surface area contributed by atoms with Crippen molar-refractivity contribution in [3.63, 3.8) is 0 Å². The number of aromatic nitrogens is 5. The van der Waals surface area contributed by atoms with Gasteiger partial charge in [0.25, 0.3) is 0 Å². The van der Waals surface area contributed by atoms with Crippen molar-refractivity contribution >= 4 is 60.2 Å². The first-order chi connectivity index (χ1) is 28.8. The van der Waals surface area contributed by atoms with Crippen molar-refractivity contribution in [1.29, 1.82) is 0 Å². The summed E-state index contributed by atoms with van der Waals surface area (Å²) in [6.07, 6.45) is 0. The normalized spacial score (nSPS) is 11.8. The average Bonchev–Trinajstić information content (AvgIpc) is 3.87. The second-order valence-electron chi connectivity index (χ2n) is 14.8. The van der Waals surface area contributed by atoms with Crippen LogP contribution in [-0.2, 0) is 0 Å². The molecule has 0 aliphatic carbocycles. The number of pyridine rings is 1. The van der Waals surface area contributed by atoms with E-state index in [-0.39, 0.29) is 0 Å². The third-order valence-electron chi connectivity index (χ3n) is 11.5. The maximum atomic E-state index is 5.54. The summed E-state index contributed by atoms with van der Waals surface area (Å²) >= 11 is 0. The summed E-state index contributed by atoms with van der Waals surface area (Å²) in [6.45, 7) is 0. The zero-order chi connectivity index (χ0) is 38.2. The molecule has 0 atom stereocenters. The monoisotopic (exact) mass is 739 g/mol. The molecule has 0 amide bonds. The van der Waals surface area contributed by atoms with Crippen LogP contribution < -0.4 is 0 Å².